The van der Waals surface area contributed by atoms with Gasteiger partial charge in [0.2, 0.25) is 10.0 Å². The van der Waals surface area contributed by atoms with Gasteiger partial charge in [0.05, 0.1) is 15.6 Å². The third-order valence-electron chi connectivity index (χ3n) is 3.89. The first kappa shape index (κ1) is 16.5. The second-order valence-electron chi connectivity index (χ2n) is 5.78. The van der Waals surface area contributed by atoms with Gasteiger partial charge in [-0.05, 0) is 50.9 Å². The maximum Gasteiger partial charge on any atom is 0.240 e. The van der Waals surface area contributed by atoms with E-state index in [-0.39, 0.29) is 10.6 Å². The van der Waals surface area contributed by atoms with Crippen LogP contribution in [0.1, 0.15) is 20.3 Å². The van der Waals surface area contributed by atoms with Crippen molar-refractivity contribution in [2.24, 2.45) is 5.92 Å². The molecule has 1 aliphatic heterocycles. The maximum atomic E-state index is 12.2. The highest BCUT2D eigenvalue weighted by molar-refractivity contribution is 7.89. The molecule has 1 heterocycles. The van der Waals surface area contributed by atoms with Gasteiger partial charge in [0.15, 0.2) is 0 Å². The molecule has 118 valence electrons. The largest absolute Gasteiger partial charge is 0.397 e. The van der Waals surface area contributed by atoms with Crippen molar-refractivity contribution in [1.29, 1.82) is 0 Å². The van der Waals surface area contributed by atoms with Crippen molar-refractivity contribution in [2.45, 2.75) is 31.2 Å². The highest BCUT2D eigenvalue weighted by Gasteiger charge is 2.25. The van der Waals surface area contributed by atoms with Crippen molar-refractivity contribution in [3.63, 3.8) is 0 Å². The molecule has 3 N–H and O–H groups in total. The Labute approximate surface area is 131 Å². The van der Waals surface area contributed by atoms with Crippen LogP contribution in [0.4, 0.5) is 5.69 Å². The molecule has 5 nitrogen and oxygen atoms in total. The zero-order chi connectivity index (χ0) is 15.6. The van der Waals surface area contributed by atoms with Crippen LogP contribution in [0.25, 0.3) is 0 Å². The van der Waals surface area contributed by atoms with Gasteiger partial charge in [0, 0.05) is 19.1 Å². The maximum absolute atomic E-state index is 12.2. The van der Waals surface area contributed by atoms with Crippen LogP contribution in [0.3, 0.4) is 0 Å². The van der Waals surface area contributed by atoms with Crippen LogP contribution in [0.2, 0.25) is 5.02 Å². The van der Waals surface area contributed by atoms with Crippen molar-refractivity contribution in [3.8, 4) is 0 Å². The van der Waals surface area contributed by atoms with Gasteiger partial charge >= 0.3 is 0 Å². The third-order valence-corrected chi connectivity index (χ3v) is 5.65. The van der Waals surface area contributed by atoms with Crippen LogP contribution in [-0.4, -0.2) is 39.0 Å². The third kappa shape index (κ3) is 4.10. The quantitative estimate of drug-likeness (QED) is 0.808. The molecule has 0 aliphatic carbocycles. The van der Waals surface area contributed by atoms with Gasteiger partial charge in [0.25, 0.3) is 0 Å². The van der Waals surface area contributed by atoms with E-state index in [1.165, 1.54) is 18.2 Å². The Morgan fingerprint density at radius 1 is 1.48 bits per heavy atom. The number of sulfonamides is 1. The van der Waals surface area contributed by atoms with Gasteiger partial charge in [-0.25, -0.2) is 13.1 Å². The molecule has 1 aromatic rings. The molecular weight excluding hydrogens is 310 g/mol. The number of nitrogens with two attached hydrogens (primary N) is 1. The molecule has 1 aromatic carbocycles. The summed E-state index contributed by atoms with van der Waals surface area (Å²) in [6.45, 7) is 6.72. The van der Waals surface area contributed by atoms with Crippen molar-refractivity contribution in [3.05, 3.63) is 23.2 Å². The van der Waals surface area contributed by atoms with E-state index in [9.17, 15) is 8.42 Å². The first-order valence-electron chi connectivity index (χ1n) is 7.08. The van der Waals surface area contributed by atoms with E-state index in [2.05, 4.69) is 23.5 Å². The minimum absolute atomic E-state index is 0.156. The van der Waals surface area contributed by atoms with E-state index in [0.29, 0.717) is 23.5 Å². The summed E-state index contributed by atoms with van der Waals surface area (Å²) in [5.41, 5.74) is 5.93. The average molecular weight is 332 g/mol. The Bertz CT molecular complexity index is 604. The second-order valence-corrected chi connectivity index (χ2v) is 7.95. The van der Waals surface area contributed by atoms with Gasteiger partial charge in [-0.3, -0.25) is 0 Å². The number of nitrogen functional groups attached to an aromatic ring is 1. The Kier molecular flexibility index (Phi) is 5.14. The molecule has 0 amide bonds. The number of anilines is 1. The molecule has 1 aliphatic rings. The number of halogens is 1. The predicted octanol–water partition coefficient (Wildman–Crippen LogP) is 1.93. The number of benzene rings is 1. The van der Waals surface area contributed by atoms with E-state index in [1.54, 1.807) is 0 Å². The molecule has 2 rings (SSSR count). The van der Waals surface area contributed by atoms with Crippen molar-refractivity contribution >= 4 is 27.3 Å². The second kappa shape index (κ2) is 6.52. The van der Waals surface area contributed by atoms with Crippen LogP contribution in [0, 0.1) is 5.92 Å². The molecule has 0 radical (unpaired) electrons. The monoisotopic (exact) mass is 331 g/mol. The van der Waals surface area contributed by atoms with E-state index >= 15 is 0 Å². The van der Waals surface area contributed by atoms with Crippen LogP contribution >= 0.6 is 11.6 Å². The molecule has 0 aromatic heterocycles. The summed E-state index contributed by atoms with van der Waals surface area (Å²) in [5.74, 6) is 0.354. The lowest BCUT2D eigenvalue weighted by molar-refractivity contribution is 0.265. The summed E-state index contributed by atoms with van der Waals surface area (Å²) >= 11 is 5.81. The lowest BCUT2D eigenvalue weighted by atomic mass is 10.1. The summed E-state index contributed by atoms with van der Waals surface area (Å²) < 4.78 is 27.2. The fourth-order valence-corrected chi connectivity index (χ4v) is 3.77. The first-order chi connectivity index (χ1) is 9.79. The summed E-state index contributed by atoms with van der Waals surface area (Å²) in [6, 6.07) is 4.86. The summed E-state index contributed by atoms with van der Waals surface area (Å²) in [5, 5.41) is 0.359. The number of hydrogen-bond donors (Lipinski definition) is 2. The van der Waals surface area contributed by atoms with Crippen molar-refractivity contribution < 1.29 is 8.42 Å². The summed E-state index contributed by atoms with van der Waals surface area (Å²) in [7, 11) is -3.53. The molecule has 1 fully saturated rings. The Morgan fingerprint density at radius 3 is 2.76 bits per heavy atom. The van der Waals surface area contributed by atoms with Crippen molar-refractivity contribution in [2.75, 3.05) is 25.4 Å². The smallest absolute Gasteiger partial charge is 0.240 e. The zero-order valence-electron chi connectivity index (χ0n) is 12.3. The molecular formula is C14H22ClN3O2S. The number of likely N-dealkylation sites (tertiary alicyclic amines) is 1. The van der Waals surface area contributed by atoms with E-state index in [0.717, 1.165) is 19.5 Å². The Morgan fingerprint density at radius 2 is 2.19 bits per heavy atom. The fourth-order valence-electron chi connectivity index (χ4n) is 2.50. The number of nitrogens with one attached hydrogen (secondary N) is 1. The summed E-state index contributed by atoms with van der Waals surface area (Å²) in [4.78, 5) is 2.52. The fraction of sp³-hybridized carbons (Fsp3) is 0.571. The predicted molar refractivity (Wildman–Crippen MR) is 85.9 cm³/mol. The average Bonchev–Trinajstić information content (AvgIpc) is 2.89. The lowest BCUT2D eigenvalue weighted by Crippen LogP contribution is -2.33. The van der Waals surface area contributed by atoms with E-state index < -0.39 is 10.0 Å². The Hall–Kier alpha value is -0.820. The molecule has 1 saturated heterocycles. The van der Waals surface area contributed by atoms with Gasteiger partial charge < -0.3 is 10.6 Å². The normalized spacial score (nSPS) is 20.3. The zero-order valence-corrected chi connectivity index (χ0v) is 13.9. The molecule has 1 unspecified atom stereocenters. The topological polar surface area (TPSA) is 75.4 Å². The van der Waals surface area contributed by atoms with Crippen molar-refractivity contribution in [1.82, 2.24) is 9.62 Å². The number of hydrogen-bond acceptors (Lipinski definition) is 4. The van der Waals surface area contributed by atoms with Gasteiger partial charge in [-0.2, -0.15) is 0 Å². The minimum Gasteiger partial charge on any atom is -0.397 e. The van der Waals surface area contributed by atoms with E-state index in [1.807, 2.05) is 0 Å². The molecule has 0 bridgehead atoms. The van der Waals surface area contributed by atoms with E-state index in [4.69, 9.17) is 17.3 Å². The molecule has 7 heteroatoms. The SMILES string of the molecule is CC(C)N1CCC(CNS(=O)(=O)c2ccc(Cl)c(N)c2)C1. The standard InChI is InChI=1S/C14H22ClN3O2S/c1-10(2)18-6-5-11(9-18)8-17-21(19,20)12-3-4-13(15)14(16)7-12/h3-4,7,10-11,17H,5-6,8-9,16H2,1-2H3. The Balaban J connectivity index is 1.97. The molecule has 21 heavy (non-hydrogen) atoms. The lowest BCUT2D eigenvalue weighted by Gasteiger charge is -2.20. The molecule has 0 spiro atoms. The van der Waals surface area contributed by atoms with Gasteiger partial charge in [-0.1, -0.05) is 11.6 Å². The van der Waals surface area contributed by atoms with Crippen LogP contribution < -0.4 is 10.5 Å². The minimum atomic E-state index is -3.53. The van der Waals surface area contributed by atoms with Crippen LogP contribution in [-0.2, 0) is 10.0 Å². The van der Waals surface area contributed by atoms with Gasteiger partial charge in [-0.15, -0.1) is 0 Å². The van der Waals surface area contributed by atoms with Crippen LogP contribution in [0.15, 0.2) is 23.1 Å². The highest BCUT2D eigenvalue weighted by atomic mass is 35.5. The first-order valence-corrected chi connectivity index (χ1v) is 8.94. The van der Waals surface area contributed by atoms with Gasteiger partial charge in [0.1, 0.15) is 0 Å². The molecule has 1 atom stereocenters. The molecule has 0 saturated carbocycles. The van der Waals surface area contributed by atoms with Crippen LogP contribution in [0.5, 0.6) is 0 Å². The highest BCUT2D eigenvalue weighted by Crippen LogP contribution is 2.23. The number of rotatable bonds is 5. The number of nitrogens with zero attached hydrogens (tertiary/aromatic N) is 1. The summed E-state index contributed by atoms with van der Waals surface area (Å²) in [6.07, 6.45) is 1.02.